The second kappa shape index (κ2) is 5.34. The summed E-state index contributed by atoms with van der Waals surface area (Å²) in [5, 5.41) is 14.1. The number of hydrogen-bond acceptors (Lipinski definition) is 2. The molecule has 0 aliphatic carbocycles. The standard InChI is InChI=1S/C12H16N2O3/c1-7(2)13-12(17)14-10-6-9(11(15)16)5-4-8(10)3/h4-7H,1-3H3,(H,15,16)(H2,13,14,17). The number of hydrogen-bond donors (Lipinski definition) is 3. The van der Waals surface area contributed by atoms with Gasteiger partial charge in [-0.2, -0.15) is 0 Å². The molecule has 0 radical (unpaired) electrons. The van der Waals surface area contributed by atoms with E-state index in [1.54, 1.807) is 13.0 Å². The second-order valence-electron chi connectivity index (χ2n) is 4.09. The fourth-order valence-electron chi connectivity index (χ4n) is 1.31. The van der Waals surface area contributed by atoms with Crippen molar-refractivity contribution >= 4 is 17.7 Å². The van der Waals surface area contributed by atoms with Crippen molar-refractivity contribution in [2.45, 2.75) is 26.8 Å². The molecule has 17 heavy (non-hydrogen) atoms. The Morgan fingerprint density at radius 1 is 1.29 bits per heavy atom. The van der Waals surface area contributed by atoms with Crippen LogP contribution >= 0.6 is 0 Å². The first-order valence-corrected chi connectivity index (χ1v) is 5.31. The maximum absolute atomic E-state index is 11.5. The minimum Gasteiger partial charge on any atom is -0.478 e. The number of aryl methyl sites for hydroxylation is 1. The normalized spacial score (nSPS) is 10.1. The quantitative estimate of drug-likeness (QED) is 0.753. The number of carboxylic acids is 1. The number of benzene rings is 1. The third-order valence-corrected chi connectivity index (χ3v) is 2.15. The van der Waals surface area contributed by atoms with Crippen LogP contribution in [0.25, 0.3) is 0 Å². The molecule has 0 saturated heterocycles. The Labute approximate surface area is 99.8 Å². The zero-order valence-electron chi connectivity index (χ0n) is 10.1. The van der Waals surface area contributed by atoms with Crippen LogP contribution in [0, 0.1) is 6.92 Å². The van der Waals surface area contributed by atoms with Crippen LogP contribution in [0.15, 0.2) is 18.2 Å². The van der Waals surface area contributed by atoms with Gasteiger partial charge in [-0.1, -0.05) is 6.07 Å². The van der Waals surface area contributed by atoms with Crippen LogP contribution in [0.3, 0.4) is 0 Å². The van der Waals surface area contributed by atoms with Gasteiger partial charge in [0.2, 0.25) is 0 Å². The van der Waals surface area contributed by atoms with Crippen LogP contribution in [0.1, 0.15) is 29.8 Å². The van der Waals surface area contributed by atoms with Gasteiger partial charge in [-0.15, -0.1) is 0 Å². The lowest BCUT2D eigenvalue weighted by Gasteiger charge is -2.12. The molecule has 1 rings (SSSR count). The summed E-state index contributed by atoms with van der Waals surface area (Å²) < 4.78 is 0. The van der Waals surface area contributed by atoms with E-state index in [0.29, 0.717) is 5.69 Å². The molecule has 92 valence electrons. The van der Waals surface area contributed by atoms with E-state index in [4.69, 9.17) is 5.11 Å². The molecule has 1 aromatic carbocycles. The molecule has 0 aliphatic rings. The van der Waals surface area contributed by atoms with E-state index in [1.165, 1.54) is 12.1 Å². The summed E-state index contributed by atoms with van der Waals surface area (Å²) in [6.07, 6.45) is 0. The number of carbonyl (C=O) groups excluding carboxylic acids is 1. The lowest BCUT2D eigenvalue weighted by Crippen LogP contribution is -2.34. The molecule has 0 atom stereocenters. The first-order valence-electron chi connectivity index (χ1n) is 5.31. The Morgan fingerprint density at radius 3 is 2.47 bits per heavy atom. The molecule has 3 N–H and O–H groups in total. The zero-order chi connectivity index (χ0) is 13.0. The summed E-state index contributed by atoms with van der Waals surface area (Å²) in [4.78, 5) is 22.3. The SMILES string of the molecule is Cc1ccc(C(=O)O)cc1NC(=O)NC(C)C. The number of urea groups is 1. The lowest BCUT2D eigenvalue weighted by molar-refractivity contribution is 0.0697. The van der Waals surface area contributed by atoms with Crippen molar-refractivity contribution < 1.29 is 14.7 Å². The van der Waals surface area contributed by atoms with Crippen LogP contribution in [-0.2, 0) is 0 Å². The second-order valence-corrected chi connectivity index (χ2v) is 4.09. The molecule has 0 heterocycles. The third kappa shape index (κ3) is 3.79. The lowest BCUT2D eigenvalue weighted by atomic mass is 10.1. The van der Waals surface area contributed by atoms with Crippen LogP contribution in [-0.4, -0.2) is 23.1 Å². The highest BCUT2D eigenvalue weighted by atomic mass is 16.4. The number of carboxylic acid groups (broad SMARTS) is 1. The van der Waals surface area contributed by atoms with Gasteiger partial charge in [0, 0.05) is 11.7 Å². The van der Waals surface area contributed by atoms with E-state index in [-0.39, 0.29) is 17.6 Å². The molecule has 0 aliphatic heterocycles. The van der Waals surface area contributed by atoms with Gasteiger partial charge in [0.15, 0.2) is 0 Å². The smallest absolute Gasteiger partial charge is 0.335 e. The van der Waals surface area contributed by atoms with E-state index >= 15 is 0 Å². The van der Waals surface area contributed by atoms with Crippen molar-refractivity contribution in [1.29, 1.82) is 0 Å². The van der Waals surface area contributed by atoms with Crippen LogP contribution < -0.4 is 10.6 Å². The number of amides is 2. The predicted octanol–water partition coefficient (Wildman–Crippen LogP) is 2.22. The van der Waals surface area contributed by atoms with Crippen molar-refractivity contribution in [3.63, 3.8) is 0 Å². The highest BCUT2D eigenvalue weighted by Crippen LogP contribution is 2.16. The molecule has 2 amide bonds. The van der Waals surface area contributed by atoms with Crippen LogP contribution in [0.2, 0.25) is 0 Å². The van der Waals surface area contributed by atoms with E-state index in [9.17, 15) is 9.59 Å². The van der Waals surface area contributed by atoms with Crippen molar-refractivity contribution in [1.82, 2.24) is 5.32 Å². The first-order chi connectivity index (χ1) is 7.90. The van der Waals surface area contributed by atoms with E-state index in [0.717, 1.165) is 5.56 Å². The molecule has 5 heteroatoms. The number of nitrogens with one attached hydrogen (secondary N) is 2. The molecule has 0 spiro atoms. The highest BCUT2D eigenvalue weighted by Gasteiger charge is 2.09. The Hall–Kier alpha value is -2.04. The van der Waals surface area contributed by atoms with Crippen molar-refractivity contribution in [3.8, 4) is 0 Å². The van der Waals surface area contributed by atoms with Crippen molar-refractivity contribution in [2.24, 2.45) is 0 Å². The Kier molecular flexibility index (Phi) is 4.09. The number of rotatable bonds is 3. The number of aromatic carboxylic acids is 1. The number of anilines is 1. The average molecular weight is 236 g/mol. The van der Waals surface area contributed by atoms with Gasteiger partial charge in [0.25, 0.3) is 0 Å². The fourth-order valence-corrected chi connectivity index (χ4v) is 1.31. The third-order valence-electron chi connectivity index (χ3n) is 2.15. The fraction of sp³-hybridized carbons (Fsp3) is 0.333. The van der Waals surface area contributed by atoms with E-state index < -0.39 is 5.97 Å². The molecule has 0 aromatic heterocycles. The van der Waals surface area contributed by atoms with Crippen LogP contribution in [0.5, 0.6) is 0 Å². The van der Waals surface area contributed by atoms with Gasteiger partial charge < -0.3 is 15.7 Å². The van der Waals surface area contributed by atoms with Crippen molar-refractivity contribution in [3.05, 3.63) is 29.3 Å². The summed E-state index contributed by atoms with van der Waals surface area (Å²) in [5.41, 5.74) is 1.47. The summed E-state index contributed by atoms with van der Waals surface area (Å²) in [6.45, 7) is 5.50. The largest absolute Gasteiger partial charge is 0.478 e. The minimum absolute atomic E-state index is 0.0259. The molecule has 0 unspecified atom stereocenters. The molecular formula is C12H16N2O3. The topological polar surface area (TPSA) is 78.4 Å². The van der Waals surface area contributed by atoms with Gasteiger partial charge in [-0.25, -0.2) is 9.59 Å². The molecule has 5 nitrogen and oxygen atoms in total. The maximum Gasteiger partial charge on any atom is 0.335 e. The molecular weight excluding hydrogens is 220 g/mol. The van der Waals surface area contributed by atoms with Crippen LogP contribution in [0.4, 0.5) is 10.5 Å². The van der Waals surface area contributed by atoms with Gasteiger partial charge in [-0.3, -0.25) is 0 Å². The number of carbonyl (C=O) groups is 2. The molecule has 1 aromatic rings. The molecule has 0 saturated carbocycles. The maximum atomic E-state index is 11.5. The average Bonchev–Trinajstić information content (AvgIpc) is 2.19. The predicted molar refractivity (Wildman–Crippen MR) is 65.4 cm³/mol. The molecule has 0 bridgehead atoms. The highest BCUT2D eigenvalue weighted by molar-refractivity contribution is 5.94. The summed E-state index contributed by atoms with van der Waals surface area (Å²) in [6, 6.07) is 4.29. The first kappa shape index (κ1) is 13.0. The summed E-state index contributed by atoms with van der Waals surface area (Å²) >= 11 is 0. The Bertz CT molecular complexity index is 441. The van der Waals surface area contributed by atoms with Gasteiger partial charge >= 0.3 is 12.0 Å². The Balaban J connectivity index is 2.86. The molecule has 0 fully saturated rings. The summed E-state index contributed by atoms with van der Waals surface area (Å²) in [7, 11) is 0. The van der Waals surface area contributed by atoms with Crippen molar-refractivity contribution in [2.75, 3.05) is 5.32 Å². The monoisotopic (exact) mass is 236 g/mol. The van der Waals surface area contributed by atoms with E-state index in [1.807, 2.05) is 13.8 Å². The van der Waals surface area contributed by atoms with E-state index in [2.05, 4.69) is 10.6 Å². The Morgan fingerprint density at radius 2 is 1.94 bits per heavy atom. The summed E-state index contributed by atoms with van der Waals surface area (Å²) in [5.74, 6) is -1.02. The van der Waals surface area contributed by atoms with Gasteiger partial charge in [-0.05, 0) is 38.5 Å². The van der Waals surface area contributed by atoms with Gasteiger partial charge in [0.1, 0.15) is 0 Å². The zero-order valence-corrected chi connectivity index (χ0v) is 10.1. The minimum atomic E-state index is -1.02. The van der Waals surface area contributed by atoms with Gasteiger partial charge in [0.05, 0.1) is 5.56 Å².